The summed E-state index contributed by atoms with van der Waals surface area (Å²) in [5.41, 5.74) is 5.02. The Kier molecular flexibility index (Phi) is 5.25. The van der Waals surface area contributed by atoms with E-state index in [9.17, 15) is 14.8 Å². The van der Waals surface area contributed by atoms with E-state index < -0.39 is 38.1 Å². The maximum atomic E-state index is 13.2. The average Bonchev–Trinajstić information content (AvgIpc) is 3.29. The minimum absolute atomic E-state index is 0.0968. The molecule has 2 fully saturated rings. The molecule has 0 spiro atoms. The molecule has 0 aliphatic carbocycles. The van der Waals surface area contributed by atoms with Crippen molar-refractivity contribution >= 4 is 24.7 Å². The average molecular weight is 463 g/mol. The SMILES string of the molecule is C[C@@]1(O)[C@H](O)C(OP2(=O)OCC[C@H](c3ccccn3)O2)O[C@H]1n1ccc2c(N)ncnc21. The first-order valence-electron chi connectivity index (χ1n) is 9.94. The molecule has 3 aromatic heterocycles. The van der Waals surface area contributed by atoms with Crippen LogP contribution in [0.3, 0.4) is 0 Å². The number of hydrogen-bond donors (Lipinski definition) is 3. The highest BCUT2D eigenvalue weighted by molar-refractivity contribution is 7.48. The van der Waals surface area contributed by atoms with Crippen molar-refractivity contribution in [2.45, 2.75) is 43.7 Å². The summed E-state index contributed by atoms with van der Waals surface area (Å²) >= 11 is 0. The van der Waals surface area contributed by atoms with E-state index >= 15 is 0 Å². The van der Waals surface area contributed by atoms with Crippen LogP contribution < -0.4 is 5.73 Å². The van der Waals surface area contributed by atoms with E-state index in [1.54, 1.807) is 36.7 Å². The lowest BCUT2D eigenvalue weighted by atomic mass is 9.99. The summed E-state index contributed by atoms with van der Waals surface area (Å²) in [6.07, 6.45) is 0.0882. The molecular formula is C19H22N5O7P. The van der Waals surface area contributed by atoms with Gasteiger partial charge >= 0.3 is 7.82 Å². The Balaban J connectivity index is 1.39. The summed E-state index contributed by atoms with van der Waals surface area (Å²) in [5.74, 6) is 0.258. The third-order valence-electron chi connectivity index (χ3n) is 5.55. The van der Waals surface area contributed by atoms with Crippen LogP contribution in [0, 0.1) is 0 Å². The van der Waals surface area contributed by atoms with Crippen LogP contribution in [-0.2, 0) is 22.9 Å². The number of aliphatic hydroxyl groups excluding tert-OH is 1. The van der Waals surface area contributed by atoms with Crippen molar-refractivity contribution in [3.05, 3.63) is 48.7 Å². The Hall–Kier alpha value is -2.44. The summed E-state index contributed by atoms with van der Waals surface area (Å²) in [5, 5.41) is 22.3. The molecule has 12 nitrogen and oxygen atoms in total. The lowest BCUT2D eigenvalue weighted by Gasteiger charge is -2.30. The number of aliphatic hydroxyl groups is 2. The number of ether oxygens (including phenoxy) is 1. The number of aromatic nitrogens is 4. The van der Waals surface area contributed by atoms with Gasteiger partial charge in [-0.1, -0.05) is 6.07 Å². The molecule has 5 heterocycles. The van der Waals surface area contributed by atoms with Crippen LogP contribution in [0.2, 0.25) is 0 Å². The van der Waals surface area contributed by atoms with Crippen molar-refractivity contribution in [2.24, 2.45) is 0 Å². The molecule has 32 heavy (non-hydrogen) atoms. The van der Waals surface area contributed by atoms with Gasteiger partial charge in [-0.05, 0) is 25.1 Å². The number of nitrogens with zero attached hydrogens (tertiary/aromatic N) is 4. The van der Waals surface area contributed by atoms with Gasteiger partial charge in [0.05, 0.1) is 17.7 Å². The molecule has 2 aliphatic heterocycles. The fraction of sp³-hybridized carbons (Fsp3) is 0.421. The monoisotopic (exact) mass is 463 g/mol. The number of rotatable bonds is 4. The van der Waals surface area contributed by atoms with Crippen LogP contribution in [0.1, 0.15) is 31.4 Å². The molecule has 4 N–H and O–H groups in total. The Morgan fingerprint density at radius 1 is 1.31 bits per heavy atom. The maximum Gasteiger partial charge on any atom is 0.477 e. The predicted molar refractivity (Wildman–Crippen MR) is 110 cm³/mol. The highest BCUT2D eigenvalue weighted by Crippen LogP contribution is 2.59. The third-order valence-corrected chi connectivity index (χ3v) is 7.03. The number of pyridine rings is 1. The van der Waals surface area contributed by atoms with Crippen molar-refractivity contribution in [2.75, 3.05) is 12.3 Å². The molecule has 5 rings (SSSR count). The standard InChI is InChI=1S/C19H22N5O7P/c1-19(26)14(25)17(29-18(19)24-8-5-11-15(20)22-10-23-16(11)24)31-32(27)28-9-6-13(30-32)12-4-2-3-7-21-12/h2-5,7-8,10,13-14,17-18,25-26H,6,9H2,1H3,(H2,20,22,23)/t13-,14-,17?,18-,19-,32?/m1/s1. The van der Waals surface area contributed by atoms with Gasteiger partial charge in [-0.3, -0.25) is 18.6 Å². The van der Waals surface area contributed by atoms with Gasteiger partial charge in [0, 0.05) is 18.8 Å². The molecule has 2 aliphatic rings. The van der Waals surface area contributed by atoms with Crippen molar-refractivity contribution in [1.29, 1.82) is 0 Å². The van der Waals surface area contributed by atoms with Crippen molar-refractivity contribution in [3.63, 3.8) is 0 Å². The van der Waals surface area contributed by atoms with Gasteiger partial charge in [0.25, 0.3) is 0 Å². The van der Waals surface area contributed by atoms with Crippen molar-refractivity contribution < 1.29 is 33.1 Å². The molecule has 0 amide bonds. The smallest absolute Gasteiger partial charge is 0.385 e. The van der Waals surface area contributed by atoms with Gasteiger partial charge in [-0.25, -0.2) is 14.5 Å². The number of anilines is 1. The Morgan fingerprint density at radius 2 is 2.16 bits per heavy atom. The molecule has 0 saturated carbocycles. The molecule has 3 aromatic rings. The van der Waals surface area contributed by atoms with Crippen LogP contribution in [0.5, 0.6) is 0 Å². The van der Waals surface area contributed by atoms with E-state index in [-0.39, 0.29) is 12.4 Å². The topological polar surface area (TPSA) is 164 Å². The third kappa shape index (κ3) is 3.59. The van der Waals surface area contributed by atoms with E-state index in [1.165, 1.54) is 17.8 Å². The molecule has 2 saturated heterocycles. The van der Waals surface area contributed by atoms with Gasteiger partial charge in [-0.15, -0.1) is 0 Å². The van der Waals surface area contributed by atoms with Gasteiger partial charge in [0.15, 0.2) is 6.23 Å². The molecule has 0 aromatic carbocycles. The molecule has 6 atom stereocenters. The number of phosphoric acid groups is 1. The number of phosphoric ester groups is 1. The number of nitrogens with two attached hydrogens (primary N) is 1. The van der Waals surface area contributed by atoms with Crippen molar-refractivity contribution in [1.82, 2.24) is 19.5 Å². The summed E-state index contributed by atoms with van der Waals surface area (Å²) in [6, 6.07) is 6.95. The zero-order valence-electron chi connectivity index (χ0n) is 17.0. The highest BCUT2D eigenvalue weighted by Gasteiger charge is 2.56. The van der Waals surface area contributed by atoms with Gasteiger partial charge in [0.2, 0.25) is 6.29 Å². The Labute approximate surface area is 182 Å². The first kappa shape index (κ1) is 21.4. The van der Waals surface area contributed by atoms with Gasteiger partial charge in [-0.2, -0.15) is 0 Å². The molecule has 0 radical (unpaired) electrons. The lowest BCUT2D eigenvalue weighted by molar-refractivity contribution is -0.145. The zero-order chi connectivity index (χ0) is 22.5. The fourth-order valence-corrected chi connectivity index (χ4v) is 5.28. The van der Waals surface area contributed by atoms with Crippen LogP contribution >= 0.6 is 7.82 Å². The zero-order valence-corrected chi connectivity index (χ0v) is 17.9. The predicted octanol–water partition coefficient (Wildman–Crippen LogP) is 1.68. The largest absolute Gasteiger partial charge is 0.477 e. The maximum absolute atomic E-state index is 13.2. The van der Waals surface area contributed by atoms with Crippen LogP contribution in [0.4, 0.5) is 5.82 Å². The molecular weight excluding hydrogens is 441 g/mol. The molecule has 0 bridgehead atoms. The van der Waals surface area contributed by atoms with E-state index in [0.717, 1.165) is 0 Å². The van der Waals surface area contributed by atoms with Gasteiger partial charge in [0.1, 0.15) is 35.6 Å². The van der Waals surface area contributed by atoms with E-state index in [0.29, 0.717) is 23.1 Å². The molecule has 2 unspecified atom stereocenters. The number of nitrogen functional groups attached to an aromatic ring is 1. The van der Waals surface area contributed by atoms with Crippen LogP contribution in [-0.4, -0.2) is 54.3 Å². The first-order valence-corrected chi connectivity index (χ1v) is 11.4. The van der Waals surface area contributed by atoms with Gasteiger partial charge < -0.3 is 25.3 Å². The van der Waals surface area contributed by atoms with E-state index in [2.05, 4.69) is 15.0 Å². The van der Waals surface area contributed by atoms with Crippen LogP contribution in [0.25, 0.3) is 11.0 Å². The summed E-state index contributed by atoms with van der Waals surface area (Å²) in [4.78, 5) is 12.3. The van der Waals surface area contributed by atoms with E-state index in [1.807, 2.05) is 0 Å². The molecule has 170 valence electrons. The second-order valence-electron chi connectivity index (χ2n) is 7.77. The Bertz CT molecular complexity index is 1170. The highest BCUT2D eigenvalue weighted by atomic mass is 31.2. The van der Waals surface area contributed by atoms with Crippen LogP contribution in [0.15, 0.2) is 43.0 Å². The summed E-state index contributed by atoms with van der Waals surface area (Å²) in [6.45, 7) is 1.47. The second-order valence-corrected chi connectivity index (χ2v) is 9.34. The number of hydrogen-bond acceptors (Lipinski definition) is 11. The lowest BCUT2D eigenvalue weighted by Crippen LogP contribution is -2.44. The summed E-state index contributed by atoms with van der Waals surface area (Å²) in [7, 11) is -4.13. The quantitative estimate of drug-likeness (QED) is 0.482. The first-order chi connectivity index (χ1) is 15.3. The minimum Gasteiger partial charge on any atom is -0.385 e. The number of fused-ring (bicyclic) bond motifs is 1. The minimum atomic E-state index is -4.13. The Morgan fingerprint density at radius 3 is 2.94 bits per heavy atom. The fourth-order valence-electron chi connectivity index (χ4n) is 3.83. The van der Waals surface area contributed by atoms with E-state index in [4.69, 9.17) is 24.0 Å². The second kappa shape index (κ2) is 7.85. The normalized spacial score (nSPS) is 35.3. The van der Waals surface area contributed by atoms with Crippen molar-refractivity contribution in [3.8, 4) is 0 Å². The molecule has 13 heteroatoms. The summed E-state index contributed by atoms with van der Waals surface area (Å²) < 4.78 is 36.8.